The van der Waals surface area contributed by atoms with Gasteiger partial charge in [-0.25, -0.2) is 0 Å². The molecule has 27 heavy (non-hydrogen) atoms. The van der Waals surface area contributed by atoms with Gasteiger partial charge in [-0.05, 0) is 34.1 Å². The summed E-state index contributed by atoms with van der Waals surface area (Å²) in [6, 6.07) is 7.00. The maximum Gasteiger partial charge on any atom is 0.387 e. The molecule has 148 valence electrons. The lowest BCUT2D eigenvalue weighted by molar-refractivity contribution is -0.0505. The molecule has 0 saturated heterocycles. The number of rotatable bonds is 6. The second kappa shape index (κ2) is 10.3. The van der Waals surface area contributed by atoms with Crippen molar-refractivity contribution in [1.82, 2.24) is 10.6 Å². The van der Waals surface area contributed by atoms with Crippen LogP contribution >= 0.6 is 51.2 Å². The fraction of sp³-hybridized carbons (Fsp3) is 0.312. The van der Waals surface area contributed by atoms with Gasteiger partial charge in [-0.15, -0.1) is 35.3 Å². The number of ether oxygens (including phenoxy) is 3. The van der Waals surface area contributed by atoms with E-state index in [2.05, 4.69) is 36.3 Å². The molecule has 1 aromatic carbocycles. The summed E-state index contributed by atoms with van der Waals surface area (Å²) in [7, 11) is 1.63. The largest absolute Gasteiger partial charge is 0.454 e. The molecule has 0 spiro atoms. The van der Waals surface area contributed by atoms with Crippen molar-refractivity contribution < 1.29 is 23.0 Å². The van der Waals surface area contributed by atoms with Gasteiger partial charge in [0, 0.05) is 30.1 Å². The van der Waals surface area contributed by atoms with Crippen molar-refractivity contribution in [2.75, 3.05) is 13.8 Å². The van der Waals surface area contributed by atoms with Crippen molar-refractivity contribution in [2.24, 2.45) is 4.99 Å². The van der Waals surface area contributed by atoms with Gasteiger partial charge in [-0.3, -0.25) is 4.99 Å². The van der Waals surface area contributed by atoms with Gasteiger partial charge >= 0.3 is 6.61 Å². The first-order valence-corrected chi connectivity index (χ1v) is 9.22. The number of fused-ring (bicyclic) bond motifs is 1. The smallest absolute Gasteiger partial charge is 0.387 e. The Morgan fingerprint density at radius 3 is 2.59 bits per heavy atom. The van der Waals surface area contributed by atoms with Gasteiger partial charge in [0.05, 0.1) is 10.3 Å². The van der Waals surface area contributed by atoms with Gasteiger partial charge in [-0.2, -0.15) is 8.78 Å². The first-order valence-electron chi connectivity index (χ1n) is 7.61. The zero-order chi connectivity index (χ0) is 18.5. The fourth-order valence-corrected chi connectivity index (χ4v) is 3.75. The molecule has 0 unspecified atom stereocenters. The predicted octanol–water partition coefficient (Wildman–Crippen LogP) is 4.32. The summed E-state index contributed by atoms with van der Waals surface area (Å²) in [4.78, 5) is 5.26. The number of aliphatic imine (C=N–C) groups is 1. The van der Waals surface area contributed by atoms with Crippen LogP contribution in [0.5, 0.6) is 17.2 Å². The molecule has 2 heterocycles. The SMILES string of the molecule is CN=C(NCc1ccc(Br)s1)NCc1cc2c(cc1OC(F)F)OCO2.I. The van der Waals surface area contributed by atoms with E-state index in [0.29, 0.717) is 29.6 Å². The molecule has 2 aromatic rings. The lowest BCUT2D eigenvalue weighted by Gasteiger charge is -2.15. The van der Waals surface area contributed by atoms with Gasteiger partial charge in [0.15, 0.2) is 17.5 Å². The molecule has 11 heteroatoms. The van der Waals surface area contributed by atoms with E-state index in [1.807, 2.05) is 12.1 Å². The molecular weight excluding hydrogens is 559 g/mol. The first kappa shape index (κ1) is 22.0. The van der Waals surface area contributed by atoms with Crippen molar-refractivity contribution >= 4 is 57.2 Å². The van der Waals surface area contributed by atoms with Gasteiger partial charge in [-0.1, -0.05) is 0 Å². The van der Waals surface area contributed by atoms with E-state index in [-0.39, 0.29) is 43.1 Å². The van der Waals surface area contributed by atoms with Crippen LogP contribution in [0.1, 0.15) is 10.4 Å². The monoisotopic (exact) mass is 575 g/mol. The number of alkyl halides is 2. The highest BCUT2D eigenvalue weighted by Crippen LogP contribution is 2.38. The molecule has 1 aliphatic rings. The molecule has 3 rings (SSSR count). The molecule has 0 fully saturated rings. The molecular formula is C16H17BrF2IN3O3S. The second-order valence-corrected chi connectivity index (χ2v) is 7.72. The molecule has 1 aromatic heterocycles. The van der Waals surface area contributed by atoms with Crippen molar-refractivity contribution in [3.8, 4) is 17.2 Å². The molecule has 0 amide bonds. The fourth-order valence-electron chi connectivity index (χ4n) is 2.33. The van der Waals surface area contributed by atoms with Crippen LogP contribution < -0.4 is 24.8 Å². The van der Waals surface area contributed by atoms with Gasteiger partial charge < -0.3 is 24.8 Å². The third-order valence-electron chi connectivity index (χ3n) is 3.50. The van der Waals surface area contributed by atoms with Crippen LogP contribution in [0.3, 0.4) is 0 Å². The average Bonchev–Trinajstić information content (AvgIpc) is 3.22. The minimum Gasteiger partial charge on any atom is -0.454 e. The predicted molar refractivity (Wildman–Crippen MR) is 114 cm³/mol. The topological polar surface area (TPSA) is 64.1 Å². The summed E-state index contributed by atoms with van der Waals surface area (Å²) in [5.74, 6) is 1.45. The van der Waals surface area contributed by atoms with Crippen molar-refractivity contribution in [1.29, 1.82) is 0 Å². The summed E-state index contributed by atoms with van der Waals surface area (Å²) in [5.41, 5.74) is 0.511. The van der Waals surface area contributed by atoms with Crippen LogP contribution in [-0.2, 0) is 13.1 Å². The van der Waals surface area contributed by atoms with Crippen LogP contribution in [0.25, 0.3) is 0 Å². The number of nitrogens with zero attached hydrogens (tertiary/aromatic N) is 1. The average molecular weight is 576 g/mol. The number of nitrogens with one attached hydrogen (secondary N) is 2. The Hall–Kier alpha value is -1.34. The number of halogens is 4. The van der Waals surface area contributed by atoms with Crippen LogP contribution in [0.2, 0.25) is 0 Å². The van der Waals surface area contributed by atoms with E-state index in [1.165, 1.54) is 6.07 Å². The number of benzene rings is 1. The standard InChI is InChI=1S/C16H16BrF2N3O3S.HI/c1-20-16(22-7-10-2-3-14(17)26-10)21-6-9-4-12-13(24-8-23-12)5-11(9)25-15(18)19;/h2-5,15H,6-8H2,1H3,(H2,20,21,22);1H. The van der Waals surface area contributed by atoms with Gasteiger partial charge in [0.2, 0.25) is 6.79 Å². The Bertz CT molecular complexity index is 807. The summed E-state index contributed by atoms with van der Waals surface area (Å²) < 4.78 is 41.5. The quantitative estimate of drug-likeness (QED) is 0.305. The summed E-state index contributed by atoms with van der Waals surface area (Å²) in [6.45, 7) is -2.05. The highest BCUT2D eigenvalue weighted by Gasteiger charge is 2.20. The highest BCUT2D eigenvalue weighted by molar-refractivity contribution is 14.0. The zero-order valence-corrected chi connectivity index (χ0v) is 18.9. The van der Waals surface area contributed by atoms with E-state index in [4.69, 9.17) is 9.47 Å². The molecule has 0 bridgehead atoms. The minimum absolute atomic E-state index is 0. The van der Waals surface area contributed by atoms with Crippen LogP contribution in [0.15, 0.2) is 33.0 Å². The third kappa shape index (κ3) is 6.07. The van der Waals surface area contributed by atoms with Crippen molar-refractivity contribution in [2.45, 2.75) is 19.7 Å². The highest BCUT2D eigenvalue weighted by atomic mass is 127. The maximum atomic E-state index is 12.7. The number of thiophene rings is 1. The Balaban J connectivity index is 0.00000261. The Morgan fingerprint density at radius 2 is 1.96 bits per heavy atom. The number of hydrogen-bond acceptors (Lipinski definition) is 5. The molecule has 1 aliphatic heterocycles. The van der Waals surface area contributed by atoms with E-state index in [1.54, 1.807) is 24.5 Å². The van der Waals surface area contributed by atoms with Crippen molar-refractivity contribution in [3.63, 3.8) is 0 Å². The lowest BCUT2D eigenvalue weighted by atomic mass is 10.1. The van der Waals surface area contributed by atoms with Crippen molar-refractivity contribution in [3.05, 3.63) is 38.5 Å². The molecule has 0 radical (unpaired) electrons. The molecule has 0 saturated carbocycles. The Kier molecular flexibility index (Phi) is 8.35. The summed E-state index contributed by atoms with van der Waals surface area (Å²) >= 11 is 5.03. The Labute approximate surface area is 184 Å². The van der Waals surface area contributed by atoms with Gasteiger partial charge in [0.1, 0.15) is 5.75 Å². The molecule has 2 N–H and O–H groups in total. The van der Waals surface area contributed by atoms with E-state index in [0.717, 1.165) is 8.66 Å². The van der Waals surface area contributed by atoms with E-state index < -0.39 is 6.61 Å². The lowest BCUT2D eigenvalue weighted by Crippen LogP contribution is -2.36. The van der Waals surface area contributed by atoms with Crippen LogP contribution in [-0.4, -0.2) is 26.4 Å². The number of guanidine groups is 1. The summed E-state index contributed by atoms with van der Waals surface area (Å²) in [5, 5.41) is 6.24. The minimum atomic E-state index is -2.93. The maximum absolute atomic E-state index is 12.7. The zero-order valence-electron chi connectivity index (χ0n) is 14.1. The first-order chi connectivity index (χ1) is 12.5. The third-order valence-corrected chi connectivity index (χ3v) is 5.12. The Morgan fingerprint density at radius 1 is 1.26 bits per heavy atom. The second-order valence-electron chi connectivity index (χ2n) is 5.18. The normalized spacial score (nSPS) is 12.7. The molecule has 0 aliphatic carbocycles. The summed E-state index contributed by atoms with van der Waals surface area (Å²) in [6.07, 6.45) is 0. The molecule has 0 atom stereocenters. The van der Waals surface area contributed by atoms with Gasteiger partial charge in [0.25, 0.3) is 0 Å². The van der Waals surface area contributed by atoms with E-state index in [9.17, 15) is 8.78 Å². The van der Waals surface area contributed by atoms with E-state index >= 15 is 0 Å². The van der Waals surface area contributed by atoms with Crippen LogP contribution in [0.4, 0.5) is 8.78 Å². The van der Waals surface area contributed by atoms with Crippen LogP contribution in [0, 0.1) is 0 Å². The number of hydrogen-bond donors (Lipinski definition) is 2. The molecule has 6 nitrogen and oxygen atoms in total.